The van der Waals surface area contributed by atoms with E-state index in [0.717, 1.165) is 13.1 Å². The van der Waals surface area contributed by atoms with E-state index in [9.17, 15) is 4.79 Å². The van der Waals surface area contributed by atoms with Crippen LogP contribution in [0.3, 0.4) is 0 Å². The van der Waals surface area contributed by atoms with Gasteiger partial charge in [0, 0.05) is 0 Å². The van der Waals surface area contributed by atoms with Crippen LogP contribution in [0.2, 0.25) is 0 Å². The molecule has 0 saturated heterocycles. The van der Waals surface area contributed by atoms with Gasteiger partial charge in [-0.3, -0.25) is 4.58 Å². The van der Waals surface area contributed by atoms with E-state index in [1.807, 2.05) is 24.3 Å². The summed E-state index contributed by atoms with van der Waals surface area (Å²) in [6.45, 7) is 13.3. The molecule has 2 aromatic rings. The Morgan fingerprint density at radius 2 is 1.84 bits per heavy atom. The second-order valence-electron chi connectivity index (χ2n) is 8.64. The number of anilines is 2. The molecule has 1 heterocycles. The molecule has 1 aliphatic heterocycles. The number of amides is 2. The van der Waals surface area contributed by atoms with Crippen molar-refractivity contribution in [2.75, 3.05) is 37.0 Å². The van der Waals surface area contributed by atoms with Gasteiger partial charge in [-0.25, -0.2) is 9.69 Å². The third kappa shape index (κ3) is 5.37. The van der Waals surface area contributed by atoms with Gasteiger partial charge in [-0.2, -0.15) is 0 Å². The molecule has 0 aliphatic carbocycles. The lowest BCUT2D eigenvalue weighted by molar-refractivity contribution is -0.558. The highest BCUT2D eigenvalue weighted by Gasteiger charge is 2.30. The van der Waals surface area contributed by atoms with Crippen LogP contribution in [0.5, 0.6) is 5.75 Å². The Labute approximate surface area is 185 Å². The van der Waals surface area contributed by atoms with Crippen molar-refractivity contribution >= 4 is 23.7 Å². The molecule has 0 radical (unpaired) electrons. The number of carbonyl (C=O) groups excluding carboxylic acids is 1. The molecule has 0 saturated carbocycles. The van der Waals surface area contributed by atoms with Crippen LogP contribution in [-0.4, -0.2) is 49.7 Å². The molecule has 6 nitrogen and oxygen atoms in total. The van der Waals surface area contributed by atoms with Crippen LogP contribution < -0.4 is 20.3 Å². The molecule has 1 atom stereocenters. The van der Waals surface area contributed by atoms with E-state index in [1.54, 1.807) is 7.11 Å². The first-order valence-electron chi connectivity index (χ1n) is 10.9. The van der Waals surface area contributed by atoms with E-state index < -0.39 is 0 Å². The second-order valence-corrected chi connectivity index (χ2v) is 8.64. The molecular weight excluding hydrogens is 388 g/mol. The van der Waals surface area contributed by atoms with Crippen molar-refractivity contribution in [3.8, 4) is 5.75 Å². The summed E-state index contributed by atoms with van der Waals surface area (Å²) >= 11 is 0. The summed E-state index contributed by atoms with van der Waals surface area (Å²) in [5.74, 6) is 1.04. The number of para-hydroxylation sites is 2. The molecule has 166 valence electrons. The van der Waals surface area contributed by atoms with Crippen molar-refractivity contribution in [1.29, 1.82) is 0 Å². The highest BCUT2D eigenvalue weighted by Crippen LogP contribution is 2.27. The first-order chi connectivity index (χ1) is 14.8. The second kappa shape index (κ2) is 9.86. The monoisotopic (exact) mass is 423 g/mol. The number of benzene rings is 2. The molecule has 2 aromatic carbocycles. The summed E-state index contributed by atoms with van der Waals surface area (Å²) in [6, 6.07) is 11.9. The number of nitrogens with zero attached hydrogens (tertiary/aromatic N) is 2. The normalized spacial score (nSPS) is 14.4. The van der Waals surface area contributed by atoms with Gasteiger partial charge in [0.15, 0.2) is 0 Å². The minimum absolute atomic E-state index is 0.208. The fourth-order valence-electron chi connectivity index (χ4n) is 4.41. The summed E-state index contributed by atoms with van der Waals surface area (Å²) in [7, 11) is 1.60. The molecule has 2 N–H and O–H groups in total. The van der Waals surface area contributed by atoms with Crippen LogP contribution >= 0.6 is 0 Å². The van der Waals surface area contributed by atoms with Crippen molar-refractivity contribution in [3.63, 3.8) is 0 Å². The average Bonchev–Trinajstić information content (AvgIpc) is 3.16. The van der Waals surface area contributed by atoms with E-state index in [2.05, 4.69) is 73.2 Å². The molecule has 0 spiro atoms. The van der Waals surface area contributed by atoms with Gasteiger partial charge in [-0.05, 0) is 49.9 Å². The number of carbonyl (C=O) groups is 1. The van der Waals surface area contributed by atoms with Crippen LogP contribution in [0.25, 0.3) is 0 Å². The number of nitrogens with one attached hydrogen (secondary N) is 2. The van der Waals surface area contributed by atoms with E-state index in [-0.39, 0.29) is 12.1 Å². The van der Waals surface area contributed by atoms with Crippen molar-refractivity contribution in [2.24, 2.45) is 5.92 Å². The van der Waals surface area contributed by atoms with Crippen molar-refractivity contribution < 1.29 is 14.1 Å². The molecule has 3 rings (SSSR count). The smallest absolute Gasteiger partial charge is 0.319 e. The number of hydrogen-bond donors (Lipinski definition) is 2. The van der Waals surface area contributed by atoms with Gasteiger partial charge in [-0.1, -0.05) is 43.7 Å². The quantitative estimate of drug-likeness (QED) is 0.652. The van der Waals surface area contributed by atoms with E-state index in [1.165, 1.54) is 22.4 Å². The van der Waals surface area contributed by atoms with Gasteiger partial charge in [0.1, 0.15) is 30.6 Å². The Kier molecular flexibility index (Phi) is 7.21. The van der Waals surface area contributed by atoms with Crippen LogP contribution in [0, 0.1) is 26.7 Å². The lowest BCUT2D eigenvalue weighted by atomic mass is 10.0. The van der Waals surface area contributed by atoms with Crippen molar-refractivity contribution in [1.82, 2.24) is 5.32 Å². The van der Waals surface area contributed by atoms with Crippen molar-refractivity contribution in [3.05, 3.63) is 53.1 Å². The summed E-state index contributed by atoms with van der Waals surface area (Å²) in [5.41, 5.74) is 5.84. The minimum Gasteiger partial charge on any atom is -0.495 e. The third-order valence-electron chi connectivity index (χ3n) is 5.83. The zero-order valence-electron chi connectivity index (χ0n) is 19.5. The third-order valence-corrected chi connectivity index (χ3v) is 5.83. The topological polar surface area (TPSA) is 56.6 Å². The summed E-state index contributed by atoms with van der Waals surface area (Å²) in [6.07, 6.45) is 2.22. The summed E-state index contributed by atoms with van der Waals surface area (Å²) in [5, 5.41) is 5.93. The minimum atomic E-state index is -0.226. The van der Waals surface area contributed by atoms with Crippen LogP contribution in [0.1, 0.15) is 30.5 Å². The van der Waals surface area contributed by atoms with Gasteiger partial charge in [0.25, 0.3) is 0 Å². The molecule has 31 heavy (non-hydrogen) atoms. The fraction of sp³-hybridized carbons (Fsp3) is 0.440. The number of methoxy groups -OCH3 is 1. The number of urea groups is 1. The van der Waals surface area contributed by atoms with Gasteiger partial charge in [0.05, 0.1) is 19.3 Å². The molecule has 0 aromatic heterocycles. The molecule has 0 fully saturated rings. The Bertz CT molecular complexity index is 945. The van der Waals surface area contributed by atoms with E-state index >= 15 is 0 Å². The Balaban J connectivity index is 1.68. The standard InChI is InChI=1S/C25H34N4O2/c1-17(2)22(15-26-25(30)27-21-9-7-8-10-23(21)31-6)28-11-12-29(16-28)24-19(4)13-18(3)14-20(24)5/h7-10,13-14,16-17,22H,11-12,15H2,1-6H3,(H-,26,27,30)/p+1/t22-/m1/s1. The molecule has 0 unspecified atom stereocenters. The number of ether oxygens (including phenoxy) is 1. The molecule has 2 amide bonds. The van der Waals surface area contributed by atoms with E-state index in [0.29, 0.717) is 23.9 Å². The maximum atomic E-state index is 12.5. The van der Waals surface area contributed by atoms with Crippen LogP contribution in [-0.2, 0) is 0 Å². The molecule has 0 bridgehead atoms. The number of rotatable bonds is 7. The SMILES string of the molecule is COc1ccccc1NC(=O)NC[C@H](C(C)C)[N+]1=CN(c2c(C)cc(C)cc2C)CC1. The van der Waals surface area contributed by atoms with Gasteiger partial charge >= 0.3 is 6.03 Å². The lowest BCUT2D eigenvalue weighted by Crippen LogP contribution is -2.43. The Morgan fingerprint density at radius 1 is 1.16 bits per heavy atom. The Morgan fingerprint density at radius 3 is 2.48 bits per heavy atom. The largest absolute Gasteiger partial charge is 0.495 e. The van der Waals surface area contributed by atoms with Crippen molar-refractivity contribution in [2.45, 2.75) is 40.7 Å². The first-order valence-corrected chi connectivity index (χ1v) is 10.9. The molecular formula is C25H35N4O2+. The van der Waals surface area contributed by atoms with Gasteiger partial charge in [-0.15, -0.1) is 0 Å². The maximum absolute atomic E-state index is 12.5. The summed E-state index contributed by atoms with van der Waals surface area (Å²) in [4.78, 5) is 14.9. The predicted molar refractivity (Wildman–Crippen MR) is 128 cm³/mol. The van der Waals surface area contributed by atoms with Gasteiger partial charge in [0.2, 0.25) is 6.34 Å². The molecule has 1 aliphatic rings. The highest BCUT2D eigenvalue weighted by molar-refractivity contribution is 5.90. The van der Waals surface area contributed by atoms with Gasteiger partial charge < -0.3 is 15.4 Å². The molecule has 6 heteroatoms. The first kappa shape index (κ1) is 22.7. The predicted octanol–water partition coefficient (Wildman–Crippen LogP) is 4.33. The summed E-state index contributed by atoms with van der Waals surface area (Å²) < 4.78 is 7.66. The Hall–Kier alpha value is -3.02. The fourth-order valence-corrected chi connectivity index (χ4v) is 4.41. The maximum Gasteiger partial charge on any atom is 0.319 e. The highest BCUT2D eigenvalue weighted by atomic mass is 16.5. The number of aryl methyl sites for hydroxylation is 3. The lowest BCUT2D eigenvalue weighted by Gasteiger charge is -2.21. The van der Waals surface area contributed by atoms with E-state index in [4.69, 9.17) is 4.74 Å². The zero-order valence-corrected chi connectivity index (χ0v) is 19.5. The zero-order chi connectivity index (χ0) is 22.5. The average molecular weight is 424 g/mol. The number of hydrogen-bond acceptors (Lipinski definition) is 3. The van der Waals surface area contributed by atoms with Crippen LogP contribution in [0.4, 0.5) is 16.2 Å². The van der Waals surface area contributed by atoms with Crippen LogP contribution in [0.15, 0.2) is 36.4 Å².